The molecule has 0 fully saturated rings. The molecule has 1 heterocycles. The van der Waals surface area contributed by atoms with E-state index >= 15 is 0 Å². The first-order chi connectivity index (χ1) is 8.04. The van der Waals surface area contributed by atoms with Crippen LogP contribution in [0.2, 0.25) is 0 Å². The molecule has 0 aliphatic carbocycles. The number of likely N-dealkylation sites (N-methyl/N-ethyl adjacent to an activating group) is 1. The van der Waals surface area contributed by atoms with Crippen LogP contribution in [0, 0.1) is 0 Å². The van der Waals surface area contributed by atoms with Crippen molar-refractivity contribution in [1.82, 2.24) is 9.78 Å². The Bertz CT molecular complexity index is 403. The van der Waals surface area contributed by atoms with E-state index in [0.717, 1.165) is 12.2 Å². The van der Waals surface area contributed by atoms with Crippen LogP contribution >= 0.6 is 0 Å². The van der Waals surface area contributed by atoms with E-state index in [1.807, 2.05) is 18.9 Å². The Hall–Kier alpha value is -1.40. The van der Waals surface area contributed by atoms with Gasteiger partial charge < -0.3 is 15.4 Å². The molecule has 1 aromatic rings. The molecule has 6 nitrogen and oxygen atoms in total. The van der Waals surface area contributed by atoms with Gasteiger partial charge in [0.1, 0.15) is 0 Å². The molecule has 0 spiro atoms. The lowest BCUT2D eigenvalue weighted by Crippen LogP contribution is -2.32. The lowest BCUT2D eigenvalue weighted by atomic mass is 10.3. The van der Waals surface area contributed by atoms with E-state index in [-0.39, 0.29) is 11.6 Å². The molecule has 96 valence electrons. The molecule has 0 unspecified atom stereocenters. The van der Waals surface area contributed by atoms with Gasteiger partial charge in [-0.3, -0.25) is 4.79 Å². The number of anilines is 1. The highest BCUT2D eigenvalue weighted by molar-refractivity contribution is 5.41. The van der Waals surface area contributed by atoms with Crippen LogP contribution in [0.25, 0.3) is 0 Å². The van der Waals surface area contributed by atoms with E-state index in [4.69, 9.17) is 10.5 Å². The van der Waals surface area contributed by atoms with E-state index in [1.54, 1.807) is 19.4 Å². The number of nitrogens with two attached hydrogens (primary N) is 1. The molecule has 0 saturated heterocycles. The topological polar surface area (TPSA) is 73.4 Å². The van der Waals surface area contributed by atoms with Gasteiger partial charge in [-0.25, -0.2) is 4.68 Å². The second-order valence-electron chi connectivity index (χ2n) is 4.13. The number of aromatic nitrogens is 2. The lowest BCUT2D eigenvalue weighted by Gasteiger charge is -2.18. The number of nitrogens with zero attached hydrogens (tertiary/aromatic N) is 3. The van der Waals surface area contributed by atoms with E-state index < -0.39 is 0 Å². The van der Waals surface area contributed by atoms with Crippen molar-refractivity contribution in [2.24, 2.45) is 5.73 Å². The molecular formula is C11H20N4O2. The first-order valence-corrected chi connectivity index (χ1v) is 5.57. The Morgan fingerprint density at radius 1 is 1.65 bits per heavy atom. The van der Waals surface area contributed by atoms with Gasteiger partial charge in [0.05, 0.1) is 25.0 Å². The van der Waals surface area contributed by atoms with Crippen molar-refractivity contribution < 1.29 is 4.74 Å². The fraction of sp³-hybridized carbons (Fsp3) is 0.636. The summed E-state index contributed by atoms with van der Waals surface area (Å²) in [6.07, 6.45) is 1.67. The first kappa shape index (κ1) is 13.7. The maximum atomic E-state index is 11.7. The van der Waals surface area contributed by atoms with Gasteiger partial charge in [0.2, 0.25) is 0 Å². The van der Waals surface area contributed by atoms with E-state index in [9.17, 15) is 4.79 Å². The van der Waals surface area contributed by atoms with Gasteiger partial charge in [-0.15, -0.1) is 0 Å². The smallest absolute Gasteiger partial charge is 0.268 e. The average molecular weight is 240 g/mol. The Morgan fingerprint density at radius 3 is 2.88 bits per heavy atom. The highest BCUT2D eigenvalue weighted by Gasteiger charge is 2.05. The third-order valence-corrected chi connectivity index (χ3v) is 2.39. The molecule has 0 aliphatic heterocycles. The number of ether oxygens (including phenoxy) is 1. The molecule has 1 aromatic heterocycles. The van der Waals surface area contributed by atoms with Crippen LogP contribution < -0.4 is 16.2 Å². The van der Waals surface area contributed by atoms with Crippen LogP contribution in [0.3, 0.4) is 0 Å². The quantitative estimate of drug-likeness (QED) is 0.737. The van der Waals surface area contributed by atoms with Crippen LogP contribution in [-0.2, 0) is 11.3 Å². The normalized spacial score (nSPS) is 12.5. The second-order valence-corrected chi connectivity index (χ2v) is 4.13. The van der Waals surface area contributed by atoms with Crippen molar-refractivity contribution in [3.63, 3.8) is 0 Å². The fourth-order valence-corrected chi connectivity index (χ4v) is 1.40. The van der Waals surface area contributed by atoms with E-state index in [1.165, 1.54) is 4.68 Å². The second kappa shape index (κ2) is 6.36. The molecule has 0 bridgehead atoms. The molecule has 6 heteroatoms. The van der Waals surface area contributed by atoms with Gasteiger partial charge in [-0.1, -0.05) is 0 Å². The minimum Gasteiger partial charge on any atom is -0.383 e. The van der Waals surface area contributed by atoms with E-state index in [0.29, 0.717) is 13.2 Å². The minimum absolute atomic E-state index is 0.0859. The van der Waals surface area contributed by atoms with Gasteiger partial charge in [-0.2, -0.15) is 5.10 Å². The first-order valence-electron chi connectivity index (χ1n) is 5.57. The van der Waals surface area contributed by atoms with Gasteiger partial charge in [0.15, 0.2) is 0 Å². The van der Waals surface area contributed by atoms with Gasteiger partial charge in [0.25, 0.3) is 5.56 Å². The predicted octanol–water partition coefficient (Wildman–Crippen LogP) is -0.327. The third kappa shape index (κ3) is 4.16. The Labute approximate surface area is 101 Å². The van der Waals surface area contributed by atoms with Gasteiger partial charge in [0, 0.05) is 32.8 Å². The number of rotatable bonds is 6. The summed E-state index contributed by atoms with van der Waals surface area (Å²) in [7, 11) is 3.54. The summed E-state index contributed by atoms with van der Waals surface area (Å²) in [6, 6.07) is 1.47. The summed E-state index contributed by atoms with van der Waals surface area (Å²) in [4.78, 5) is 13.7. The zero-order chi connectivity index (χ0) is 12.8. The number of hydrogen-bond acceptors (Lipinski definition) is 5. The highest BCUT2D eigenvalue weighted by atomic mass is 16.5. The van der Waals surface area contributed by atoms with Crippen molar-refractivity contribution in [2.75, 3.05) is 32.2 Å². The molecule has 1 rings (SSSR count). The number of methoxy groups -OCH3 is 1. The molecule has 0 saturated carbocycles. The zero-order valence-electron chi connectivity index (χ0n) is 10.6. The highest BCUT2D eigenvalue weighted by Crippen LogP contribution is 2.06. The molecule has 0 aromatic carbocycles. The van der Waals surface area contributed by atoms with Crippen molar-refractivity contribution in [1.29, 1.82) is 0 Å². The fourth-order valence-electron chi connectivity index (χ4n) is 1.40. The van der Waals surface area contributed by atoms with Crippen molar-refractivity contribution in [3.8, 4) is 0 Å². The molecule has 0 aliphatic rings. The summed E-state index contributed by atoms with van der Waals surface area (Å²) in [5.74, 6) is 0. The molecule has 17 heavy (non-hydrogen) atoms. The largest absolute Gasteiger partial charge is 0.383 e. The molecule has 2 N–H and O–H groups in total. The summed E-state index contributed by atoms with van der Waals surface area (Å²) < 4.78 is 6.35. The molecule has 0 amide bonds. The van der Waals surface area contributed by atoms with Gasteiger partial charge >= 0.3 is 0 Å². The predicted molar refractivity (Wildman–Crippen MR) is 67.3 cm³/mol. The minimum atomic E-state index is -0.135. The van der Waals surface area contributed by atoms with Crippen molar-refractivity contribution in [3.05, 3.63) is 22.6 Å². The van der Waals surface area contributed by atoms with Crippen LogP contribution in [0.4, 0.5) is 5.69 Å². The number of hydrogen-bond donors (Lipinski definition) is 1. The molecule has 1 atom stereocenters. The van der Waals surface area contributed by atoms with Crippen LogP contribution in [0.15, 0.2) is 17.1 Å². The lowest BCUT2D eigenvalue weighted by molar-refractivity contribution is 0.206. The molecular weight excluding hydrogens is 220 g/mol. The van der Waals surface area contributed by atoms with Crippen molar-refractivity contribution >= 4 is 5.69 Å². The monoisotopic (exact) mass is 240 g/mol. The van der Waals surface area contributed by atoms with Crippen LogP contribution in [0.1, 0.15) is 6.92 Å². The molecule has 0 radical (unpaired) electrons. The summed E-state index contributed by atoms with van der Waals surface area (Å²) >= 11 is 0. The average Bonchev–Trinajstić information content (AvgIpc) is 2.28. The summed E-state index contributed by atoms with van der Waals surface area (Å²) in [5, 5.41) is 4.09. The summed E-state index contributed by atoms with van der Waals surface area (Å²) in [5.41, 5.74) is 6.28. The Morgan fingerprint density at radius 2 is 2.35 bits per heavy atom. The van der Waals surface area contributed by atoms with Crippen LogP contribution in [0.5, 0.6) is 0 Å². The standard InChI is InChI=1S/C11H20N4O2/c1-9(12)8-15-11(16)6-10(7-13-15)14(2)4-5-17-3/h6-7,9H,4-5,8,12H2,1-3H3/t9-/m1/s1. The summed E-state index contributed by atoms with van der Waals surface area (Å²) in [6.45, 7) is 3.60. The maximum absolute atomic E-state index is 11.7. The van der Waals surface area contributed by atoms with Gasteiger partial charge in [-0.05, 0) is 6.92 Å². The van der Waals surface area contributed by atoms with E-state index in [2.05, 4.69) is 5.10 Å². The Balaban J connectivity index is 2.77. The zero-order valence-corrected chi connectivity index (χ0v) is 10.6. The Kier molecular flexibility index (Phi) is 5.11. The van der Waals surface area contributed by atoms with Crippen molar-refractivity contribution in [2.45, 2.75) is 19.5 Å². The third-order valence-electron chi connectivity index (χ3n) is 2.39. The van der Waals surface area contributed by atoms with Crippen LogP contribution in [-0.4, -0.2) is 43.1 Å². The SMILES string of the molecule is COCCN(C)c1cnn(C[C@@H](C)N)c(=O)c1. The maximum Gasteiger partial charge on any atom is 0.268 e.